The van der Waals surface area contributed by atoms with E-state index in [1.54, 1.807) is 0 Å². The summed E-state index contributed by atoms with van der Waals surface area (Å²) in [4.78, 5) is 15.0. The van der Waals surface area contributed by atoms with Gasteiger partial charge in [0.1, 0.15) is 6.04 Å². The summed E-state index contributed by atoms with van der Waals surface area (Å²) >= 11 is 0. The number of hydrogen-bond donors (Lipinski definition) is 2. The first-order chi connectivity index (χ1) is 11.6. The number of amides is 1. The van der Waals surface area contributed by atoms with Crippen LogP contribution in [0.1, 0.15) is 35.7 Å². The van der Waals surface area contributed by atoms with Crippen LogP contribution < -0.4 is 5.32 Å². The molecule has 4 heteroatoms. The summed E-state index contributed by atoms with van der Waals surface area (Å²) in [6.45, 7) is 2.79. The molecule has 0 radical (unpaired) electrons. The van der Waals surface area contributed by atoms with Crippen molar-refractivity contribution in [3.8, 4) is 0 Å². The van der Waals surface area contributed by atoms with Crippen molar-refractivity contribution in [2.45, 2.75) is 31.5 Å². The highest BCUT2D eigenvalue weighted by atomic mass is 16.3. The minimum absolute atomic E-state index is 0.0775. The van der Waals surface area contributed by atoms with Gasteiger partial charge in [-0.2, -0.15) is 0 Å². The Morgan fingerprint density at radius 3 is 2.58 bits per heavy atom. The molecule has 1 aliphatic carbocycles. The average Bonchev–Trinajstić information content (AvgIpc) is 2.91. The van der Waals surface area contributed by atoms with E-state index >= 15 is 0 Å². The largest absolute Gasteiger partial charge is 0.390 e. The quantitative estimate of drug-likeness (QED) is 0.888. The molecule has 4 nitrogen and oxygen atoms in total. The second-order valence-corrected chi connectivity index (χ2v) is 6.34. The third-order valence-corrected chi connectivity index (χ3v) is 4.80. The van der Waals surface area contributed by atoms with Crippen molar-refractivity contribution in [1.29, 1.82) is 0 Å². The first kappa shape index (κ1) is 16.7. The average molecular weight is 324 g/mol. The number of aliphatic hydroxyl groups is 1. The number of carbonyl (C=O) groups is 1. The number of nitrogens with one attached hydrogen (secondary N) is 1. The van der Waals surface area contributed by atoms with Crippen molar-refractivity contribution in [2.24, 2.45) is 0 Å². The standard InChI is InChI=1S/C20H24N2O2/c1-3-22(2)19(14-9-5-4-6-10-14)20(24)21-18-16-12-8-7-11-15(16)13-17(18)23/h4-12,17-19,23H,3,13H2,1-2H3,(H,21,24)/t17-,18+,19?/m1/s1. The molecule has 0 heterocycles. The van der Waals surface area contributed by atoms with Gasteiger partial charge in [0.25, 0.3) is 0 Å². The van der Waals surface area contributed by atoms with E-state index < -0.39 is 6.10 Å². The molecule has 0 saturated carbocycles. The molecule has 1 aliphatic rings. The lowest BCUT2D eigenvalue weighted by Crippen LogP contribution is -2.42. The lowest BCUT2D eigenvalue weighted by Gasteiger charge is -2.28. The molecule has 2 N–H and O–H groups in total. The number of nitrogens with zero attached hydrogens (tertiary/aromatic N) is 1. The number of benzene rings is 2. The first-order valence-electron chi connectivity index (χ1n) is 8.43. The van der Waals surface area contributed by atoms with E-state index in [1.807, 2.05) is 73.5 Å². The molecule has 0 bridgehead atoms. The molecule has 3 atom stereocenters. The lowest BCUT2D eigenvalue weighted by atomic mass is 10.0. The molecule has 2 aromatic rings. The molecule has 3 rings (SSSR count). The highest BCUT2D eigenvalue weighted by Gasteiger charge is 2.34. The van der Waals surface area contributed by atoms with Gasteiger partial charge in [-0.25, -0.2) is 0 Å². The van der Waals surface area contributed by atoms with Gasteiger partial charge in [-0.05, 0) is 30.3 Å². The summed E-state index contributed by atoms with van der Waals surface area (Å²) in [7, 11) is 1.94. The van der Waals surface area contributed by atoms with Crippen molar-refractivity contribution in [3.63, 3.8) is 0 Å². The lowest BCUT2D eigenvalue weighted by molar-refractivity contribution is -0.127. The number of fused-ring (bicyclic) bond motifs is 1. The summed E-state index contributed by atoms with van der Waals surface area (Å²) < 4.78 is 0. The molecule has 1 unspecified atom stereocenters. The van der Waals surface area contributed by atoms with Gasteiger partial charge in [0.15, 0.2) is 0 Å². The fourth-order valence-electron chi connectivity index (χ4n) is 3.40. The van der Waals surface area contributed by atoms with Gasteiger partial charge in [0.05, 0.1) is 12.1 Å². The minimum Gasteiger partial charge on any atom is -0.390 e. The van der Waals surface area contributed by atoms with Crippen molar-refractivity contribution in [1.82, 2.24) is 10.2 Å². The van der Waals surface area contributed by atoms with Gasteiger partial charge in [-0.15, -0.1) is 0 Å². The number of aliphatic hydroxyl groups excluding tert-OH is 1. The Labute approximate surface area is 143 Å². The molecule has 0 aliphatic heterocycles. The van der Waals surface area contributed by atoms with Crippen LogP contribution in [0.3, 0.4) is 0 Å². The molecule has 1 amide bonds. The van der Waals surface area contributed by atoms with E-state index in [4.69, 9.17) is 0 Å². The summed E-state index contributed by atoms with van der Waals surface area (Å²) in [5.41, 5.74) is 3.08. The molecule has 24 heavy (non-hydrogen) atoms. The van der Waals surface area contributed by atoms with E-state index in [0.29, 0.717) is 6.42 Å². The second kappa shape index (κ2) is 7.16. The maximum absolute atomic E-state index is 13.0. The van der Waals surface area contributed by atoms with Gasteiger partial charge in [0, 0.05) is 6.42 Å². The minimum atomic E-state index is -0.574. The summed E-state index contributed by atoms with van der Waals surface area (Å²) in [6.07, 6.45) is 0.00972. The first-order valence-corrected chi connectivity index (χ1v) is 8.43. The third kappa shape index (κ3) is 3.21. The Morgan fingerprint density at radius 1 is 1.21 bits per heavy atom. The predicted octanol–water partition coefficient (Wildman–Crippen LogP) is 2.45. The van der Waals surface area contributed by atoms with Gasteiger partial charge >= 0.3 is 0 Å². The Hall–Kier alpha value is -2.17. The van der Waals surface area contributed by atoms with Crippen molar-refractivity contribution >= 4 is 5.91 Å². The Morgan fingerprint density at radius 2 is 1.88 bits per heavy atom. The van der Waals surface area contributed by atoms with Crippen LogP contribution in [-0.4, -0.2) is 35.6 Å². The summed E-state index contributed by atoms with van der Waals surface area (Å²) in [5.74, 6) is -0.0775. The van der Waals surface area contributed by atoms with Crippen LogP contribution in [-0.2, 0) is 11.2 Å². The van der Waals surface area contributed by atoms with E-state index in [2.05, 4.69) is 5.32 Å². The molecule has 126 valence electrons. The monoisotopic (exact) mass is 324 g/mol. The zero-order chi connectivity index (χ0) is 17.1. The van der Waals surface area contributed by atoms with E-state index in [1.165, 1.54) is 0 Å². The summed E-state index contributed by atoms with van der Waals surface area (Å²) in [5, 5.41) is 13.4. The van der Waals surface area contributed by atoms with Gasteiger partial charge in [-0.1, -0.05) is 61.5 Å². The Kier molecular flexibility index (Phi) is 4.97. The van der Waals surface area contributed by atoms with E-state index in [9.17, 15) is 9.90 Å². The van der Waals surface area contributed by atoms with Crippen LogP contribution in [0.25, 0.3) is 0 Å². The van der Waals surface area contributed by atoms with Crippen molar-refractivity contribution < 1.29 is 9.90 Å². The smallest absolute Gasteiger partial charge is 0.242 e. The molecule has 0 aromatic heterocycles. The molecule has 0 spiro atoms. The number of hydrogen-bond acceptors (Lipinski definition) is 3. The van der Waals surface area contributed by atoms with Gasteiger partial charge in [0.2, 0.25) is 5.91 Å². The van der Waals surface area contributed by atoms with Crippen LogP contribution >= 0.6 is 0 Å². The van der Waals surface area contributed by atoms with E-state index in [0.717, 1.165) is 23.2 Å². The highest BCUT2D eigenvalue weighted by molar-refractivity contribution is 5.83. The van der Waals surface area contributed by atoms with Crippen LogP contribution in [0.4, 0.5) is 0 Å². The maximum atomic E-state index is 13.0. The predicted molar refractivity (Wildman–Crippen MR) is 94.5 cm³/mol. The van der Waals surface area contributed by atoms with Crippen LogP contribution in [0.5, 0.6) is 0 Å². The normalized spacial score (nSPS) is 20.7. The topological polar surface area (TPSA) is 52.6 Å². The number of rotatable bonds is 5. The SMILES string of the molecule is CCN(C)C(C(=O)N[C@H]1c2ccccc2C[C@H]1O)c1ccccc1. The van der Waals surface area contributed by atoms with Gasteiger partial charge in [-0.3, -0.25) is 9.69 Å². The van der Waals surface area contributed by atoms with Crippen LogP contribution in [0, 0.1) is 0 Å². The third-order valence-electron chi connectivity index (χ3n) is 4.80. The molecular formula is C20H24N2O2. The molecular weight excluding hydrogens is 300 g/mol. The summed E-state index contributed by atoms with van der Waals surface area (Å²) in [6, 6.07) is 17.0. The fourth-order valence-corrected chi connectivity index (χ4v) is 3.40. The number of likely N-dealkylation sites (N-methyl/N-ethyl adjacent to an activating group) is 1. The Bertz CT molecular complexity index is 702. The molecule has 0 saturated heterocycles. The number of carbonyl (C=O) groups excluding carboxylic acids is 1. The maximum Gasteiger partial charge on any atom is 0.242 e. The zero-order valence-electron chi connectivity index (χ0n) is 14.1. The fraction of sp³-hybridized carbons (Fsp3) is 0.350. The van der Waals surface area contributed by atoms with Crippen molar-refractivity contribution in [2.75, 3.05) is 13.6 Å². The second-order valence-electron chi connectivity index (χ2n) is 6.34. The molecule has 2 aromatic carbocycles. The van der Waals surface area contributed by atoms with Crippen molar-refractivity contribution in [3.05, 3.63) is 71.3 Å². The Balaban J connectivity index is 1.84. The zero-order valence-corrected chi connectivity index (χ0v) is 14.1. The van der Waals surface area contributed by atoms with Gasteiger partial charge < -0.3 is 10.4 Å². The molecule has 0 fully saturated rings. The van der Waals surface area contributed by atoms with Crippen LogP contribution in [0.15, 0.2) is 54.6 Å². The highest BCUT2D eigenvalue weighted by Crippen LogP contribution is 2.32. The van der Waals surface area contributed by atoms with E-state index in [-0.39, 0.29) is 18.0 Å². The van der Waals surface area contributed by atoms with Crippen LogP contribution in [0.2, 0.25) is 0 Å².